The van der Waals surface area contributed by atoms with Gasteiger partial charge in [0, 0.05) is 76.8 Å². The minimum Gasteiger partial charge on any atom is -0.390 e. The molecule has 0 saturated heterocycles. The normalized spacial score (nSPS) is 15.5. The molecule has 0 aromatic rings. The highest BCUT2D eigenvalue weighted by Crippen LogP contribution is 2.10. The Hall–Kier alpha value is -0.0125. The van der Waals surface area contributed by atoms with Crippen LogP contribution < -0.4 is 0 Å². The van der Waals surface area contributed by atoms with Crippen molar-refractivity contribution in [1.82, 2.24) is 9.80 Å². The lowest BCUT2D eigenvalue weighted by Crippen LogP contribution is -2.42. The van der Waals surface area contributed by atoms with Crippen LogP contribution in [0.3, 0.4) is 0 Å². The van der Waals surface area contributed by atoms with E-state index in [-0.39, 0.29) is 129 Å². The number of aliphatic hydroxyl groups is 4. The van der Waals surface area contributed by atoms with E-state index >= 15 is 0 Å². The first-order valence-corrected chi connectivity index (χ1v) is 27.3. The highest BCUT2D eigenvalue weighted by atomic mass is 28.4. The molecule has 26 heteroatoms. The van der Waals surface area contributed by atoms with Gasteiger partial charge < -0.3 is 96.9 Å². The molecule has 16 N–H and O–H groups in total. The van der Waals surface area contributed by atoms with Gasteiger partial charge in [0.25, 0.3) is 0 Å². The molecule has 0 bridgehead atoms. The average molecular weight is 893 g/mol. The molecular weight excluding hydrogens is 821 g/mol. The topological polar surface area (TPSA) is 367 Å². The number of nitrogens with zero attached hydrogens (tertiary/aromatic N) is 2. The van der Waals surface area contributed by atoms with E-state index in [0.29, 0.717) is 25.9 Å². The second-order valence-corrected chi connectivity index (χ2v) is 22.6. The Labute approximate surface area is 333 Å². The minimum absolute atomic E-state index is 0.0644. The van der Waals surface area contributed by atoms with Crippen LogP contribution in [-0.4, -0.2) is 240 Å². The van der Waals surface area contributed by atoms with Gasteiger partial charge in [-0.25, -0.2) is 0 Å². The third-order valence-electron chi connectivity index (χ3n) is 8.02. The Bertz CT molecular complexity index is 796. The van der Waals surface area contributed by atoms with Gasteiger partial charge in [-0.1, -0.05) is 12.8 Å². The number of unbranched alkanes of at least 4 members (excludes halogenated alkanes) is 3. The summed E-state index contributed by atoms with van der Waals surface area (Å²) in [4.78, 5) is 113. The molecule has 0 amide bonds. The van der Waals surface area contributed by atoms with Crippen molar-refractivity contribution >= 4 is 35.2 Å². The molecule has 0 aromatic heterocycles. The van der Waals surface area contributed by atoms with E-state index in [2.05, 4.69) is 0 Å². The van der Waals surface area contributed by atoms with Crippen molar-refractivity contribution in [3.8, 4) is 0 Å². The van der Waals surface area contributed by atoms with Gasteiger partial charge in [0.15, 0.2) is 0 Å². The van der Waals surface area contributed by atoms with Crippen molar-refractivity contribution in [1.29, 1.82) is 0 Å². The molecule has 0 fully saturated rings. The van der Waals surface area contributed by atoms with Gasteiger partial charge in [-0.3, -0.25) is 9.80 Å². The number of hydrogen-bond acceptors (Lipinski definition) is 22. The van der Waals surface area contributed by atoms with Crippen molar-refractivity contribution in [3.63, 3.8) is 0 Å². The molecule has 56 heavy (non-hydrogen) atoms. The first-order valence-electron chi connectivity index (χ1n) is 19.1. The average Bonchev–Trinajstić information content (AvgIpc) is 3.03. The summed E-state index contributed by atoms with van der Waals surface area (Å²) in [5, 5.41) is 42.3. The number of aliphatic hydroxyl groups excluding tert-OH is 4. The molecule has 0 spiro atoms. The van der Waals surface area contributed by atoms with Crippen molar-refractivity contribution in [2.45, 2.75) is 100.0 Å². The maximum atomic E-state index is 10.6. The summed E-state index contributed by atoms with van der Waals surface area (Å²) in [7, 11) is -16.7. The maximum absolute atomic E-state index is 10.6. The maximum Gasteiger partial charge on any atom is 0.492 e. The Kier molecular flexibility index (Phi) is 30.9. The van der Waals surface area contributed by atoms with E-state index in [9.17, 15) is 20.4 Å². The fraction of sp³-hybridized carbons (Fsp3) is 1.00. The smallest absolute Gasteiger partial charge is 0.390 e. The van der Waals surface area contributed by atoms with Crippen LogP contribution in [0, 0.1) is 0 Å². The summed E-state index contributed by atoms with van der Waals surface area (Å²) in [5.41, 5.74) is 0. The van der Waals surface area contributed by atoms with Crippen LogP contribution in [0.5, 0.6) is 0 Å². The quantitative estimate of drug-likeness (QED) is 0.0202. The lowest BCUT2D eigenvalue weighted by molar-refractivity contribution is -0.0116. The second-order valence-electron chi connectivity index (χ2n) is 14.4. The highest BCUT2D eigenvalue weighted by Gasteiger charge is 2.28. The molecule has 22 nitrogen and oxygen atoms in total. The molecule has 4 atom stereocenters. The monoisotopic (exact) mass is 892 g/mol. The van der Waals surface area contributed by atoms with Crippen molar-refractivity contribution in [2.75, 3.05) is 92.1 Å². The molecule has 4 unspecified atom stereocenters. The highest BCUT2D eigenvalue weighted by molar-refractivity contribution is 6.57. The van der Waals surface area contributed by atoms with Crippen LogP contribution in [0.1, 0.15) is 51.4 Å². The van der Waals surface area contributed by atoms with Gasteiger partial charge in [0.1, 0.15) is 0 Å². The van der Waals surface area contributed by atoms with Gasteiger partial charge in [0.05, 0.1) is 50.8 Å². The van der Waals surface area contributed by atoms with Crippen LogP contribution in [-0.2, 0) is 18.9 Å². The fourth-order valence-corrected chi connectivity index (χ4v) is 7.94. The summed E-state index contributed by atoms with van der Waals surface area (Å²) in [6.45, 7) is 1.67. The lowest BCUT2D eigenvalue weighted by atomic mass is 10.1. The molecule has 0 aliphatic heterocycles. The van der Waals surface area contributed by atoms with Crippen molar-refractivity contribution in [3.05, 3.63) is 0 Å². The third-order valence-corrected chi connectivity index (χ3v) is 12.1. The zero-order chi connectivity index (χ0) is 42.7. The van der Waals surface area contributed by atoms with Crippen molar-refractivity contribution < 1.29 is 96.9 Å². The second kappa shape index (κ2) is 30.9. The molecule has 0 rings (SSSR count). The minimum atomic E-state index is -4.17. The standard InChI is InChI=1S/C30H72N2O20Si4/c33-27(23-49-11-5-15-53(37,38)39)19-31(20-28(34)24-50-12-6-16-54(40,41)42)9-3-1-2-4-10-32(21-29(35)25-51-13-7-17-55(43,44)45)22-30(36)26-52-14-8-18-56(46,47)48/h27-30,33-48H,1-26H2. The van der Waals surface area contributed by atoms with Gasteiger partial charge in [-0.15, -0.1) is 0 Å². The fourth-order valence-electron chi connectivity index (χ4n) is 5.46. The van der Waals surface area contributed by atoms with E-state index in [1.165, 1.54) is 0 Å². The number of hydrogen-bond donors (Lipinski definition) is 16. The number of ether oxygens (including phenoxy) is 4. The first-order chi connectivity index (χ1) is 25.9. The molecule has 0 aliphatic rings. The molecule has 0 radical (unpaired) electrons. The Morgan fingerprint density at radius 3 is 0.732 bits per heavy atom. The third kappa shape index (κ3) is 40.8. The van der Waals surface area contributed by atoms with Crippen LogP contribution in [0.2, 0.25) is 24.2 Å². The summed E-state index contributed by atoms with van der Waals surface area (Å²) in [6, 6.07) is -0.781. The van der Waals surface area contributed by atoms with E-state index < -0.39 is 59.6 Å². The largest absolute Gasteiger partial charge is 0.492 e. The van der Waals surface area contributed by atoms with E-state index in [1.807, 2.05) is 9.80 Å². The summed E-state index contributed by atoms with van der Waals surface area (Å²) < 4.78 is 21.6. The molecule has 0 aromatic carbocycles. The molecule has 0 aliphatic carbocycles. The molecule has 338 valence electrons. The van der Waals surface area contributed by atoms with Gasteiger partial charge >= 0.3 is 35.2 Å². The first kappa shape index (κ1) is 56.0. The molecule has 0 heterocycles. The Balaban J connectivity index is 5.02. The van der Waals surface area contributed by atoms with E-state index in [1.54, 1.807) is 0 Å². The van der Waals surface area contributed by atoms with E-state index in [0.717, 1.165) is 12.8 Å². The predicted molar refractivity (Wildman–Crippen MR) is 206 cm³/mol. The molecular formula is C30H72N2O20Si4. The van der Waals surface area contributed by atoms with E-state index in [4.69, 9.17) is 76.5 Å². The number of rotatable bonds is 39. The Morgan fingerprint density at radius 1 is 0.321 bits per heavy atom. The van der Waals surface area contributed by atoms with Crippen LogP contribution in [0.15, 0.2) is 0 Å². The Morgan fingerprint density at radius 2 is 0.536 bits per heavy atom. The predicted octanol–water partition coefficient (Wildman–Crippen LogP) is -6.12. The zero-order valence-corrected chi connectivity index (χ0v) is 36.4. The molecule has 0 saturated carbocycles. The lowest BCUT2D eigenvalue weighted by Gasteiger charge is -2.28. The zero-order valence-electron chi connectivity index (χ0n) is 32.4. The van der Waals surface area contributed by atoms with Gasteiger partial charge in [0.2, 0.25) is 0 Å². The summed E-state index contributed by atoms with van der Waals surface area (Å²) in [6.07, 6.45) is -0.128. The van der Waals surface area contributed by atoms with Crippen LogP contribution in [0.4, 0.5) is 0 Å². The van der Waals surface area contributed by atoms with Crippen molar-refractivity contribution in [2.24, 2.45) is 0 Å². The summed E-state index contributed by atoms with van der Waals surface area (Å²) in [5.74, 6) is 0. The van der Waals surface area contributed by atoms with Crippen LogP contribution >= 0.6 is 0 Å². The van der Waals surface area contributed by atoms with Gasteiger partial charge in [-0.05, 0) is 51.6 Å². The SMILES string of the molecule is OC(COCCC[Si](O)(O)O)CN(CCCCCCN(CC(O)COCCC[Si](O)(O)O)CC(O)COCCC[Si](O)(O)O)CC(O)COCCC[Si](O)(O)O. The van der Waals surface area contributed by atoms with Gasteiger partial charge in [-0.2, -0.15) is 0 Å². The summed E-state index contributed by atoms with van der Waals surface area (Å²) >= 11 is 0. The van der Waals surface area contributed by atoms with Crippen LogP contribution in [0.25, 0.3) is 0 Å².